The van der Waals surface area contributed by atoms with Crippen LogP contribution in [0.1, 0.15) is 87.7 Å². The maximum Gasteiger partial charge on any atom is 0.270 e. The fourth-order valence-electron chi connectivity index (χ4n) is 4.26. The molecule has 0 saturated carbocycles. The molecule has 0 bridgehead atoms. The highest BCUT2D eigenvalue weighted by atomic mass is 16.2. The molecule has 4 rings (SSSR count). The largest absolute Gasteiger partial charge is 0.364 e. The number of carbonyl (C=O) groups excluding carboxylic acids is 3. The Kier molecular flexibility index (Phi) is 5.28. The first-order chi connectivity index (χ1) is 15.0. The summed E-state index contributed by atoms with van der Waals surface area (Å²) in [6.07, 6.45) is 3.33. The van der Waals surface area contributed by atoms with Gasteiger partial charge in [0, 0.05) is 18.1 Å². The maximum absolute atomic E-state index is 12.9. The first-order valence-electron chi connectivity index (χ1n) is 10.5. The van der Waals surface area contributed by atoms with Gasteiger partial charge in [-0.25, -0.2) is 4.98 Å². The number of fused-ring (bicyclic) bond motifs is 2. The van der Waals surface area contributed by atoms with E-state index in [1.54, 1.807) is 0 Å². The van der Waals surface area contributed by atoms with E-state index in [4.69, 9.17) is 5.73 Å². The molecule has 9 nitrogen and oxygen atoms in total. The minimum atomic E-state index is -0.730. The number of nitrogens with two attached hydrogens (primary N) is 1. The van der Waals surface area contributed by atoms with Gasteiger partial charge in [0.15, 0.2) is 11.4 Å². The number of amides is 2. The van der Waals surface area contributed by atoms with Gasteiger partial charge < -0.3 is 11.1 Å². The van der Waals surface area contributed by atoms with Crippen molar-refractivity contribution in [1.82, 2.24) is 25.1 Å². The molecule has 0 unspecified atom stereocenters. The molecule has 1 aromatic carbocycles. The molecule has 0 radical (unpaired) electrons. The normalized spacial score (nSPS) is 15.6. The standard InChI is InChI=1S/C23H26N6O3/c1-12-13-7-8-16(15(13)6-5-14(12)19(30)10-23(2,3)4)27-22(32)17-9-18(21(24)31)29-20(26-17)11-25-28-29/h5-6,9,11,16H,7-8,10H2,1-4H3,(H2,24,31)(H,27,32)/t16-/m0/s1. The number of hydrogen-bond acceptors (Lipinski definition) is 6. The smallest absolute Gasteiger partial charge is 0.270 e. The number of nitrogens with zero attached hydrogens (tertiary/aromatic N) is 4. The van der Waals surface area contributed by atoms with E-state index in [9.17, 15) is 14.4 Å². The van der Waals surface area contributed by atoms with Crippen molar-refractivity contribution in [2.45, 2.75) is 53.0 Å². The minimum Gasteiger partial charge on any atom is -0.364 e. The molecule has 166 valence electrons. The van der Waals surface area contributed by atoms with Gasteiger partial charge in [-0.2, -0.15) is 4.52 Å². The summed E-state index contributed by atoms with van der Waals surface area (Å²) in [6.45, 7) is 8.12. The number of carbonyl (C=O) groups is 3. The van der Waals surface area contributed by atoms with Crippen LogP contribution in [-0.4, -0.2) is 37.4 Å². The van der Waals surface area contributed by atoms with Gasteiger partial charge in [0.05, 0.1) is 12.2 Å². The Morgan fingerprint density at radius 3 is 2.69 bits per heavy atom. The Balaban J connectivity index is 1.59. The molecule has 1 aliphatic rings. The summed E-state index contributed by atoms with van der Waals surface area (Å²) < 4.78 is 1.20. The molecular weight excluding hydrogens is 408 g/mol. The van der Waals surface area contributed by atoms with Crippen molar-refractivity contribution in [3.05, 3.63) is 58.0 Å². The van der Waals surface area contributed by atoms with Crippen molar-refractivity contribution in [2.75, 3.05) is 0 Å². The molecule has 1 atom stereocenters. The Labute approximate surface area is 185 Å². The number of hydrogen-bond donors (Lipinski definition) is 2. The van der Waals surface area contributed by atoms with Crippen molar-refractivity contribution >= 4 is 23.2 Å². The van der Waals surface area contributed by atoms with Crippen molar-refractivity contribution in [3.63, 3.8) is 0 Å². The van der Waals surface area contributed by atoms with Gasteiger partial charge in [-0.3, -0.25) is 14.4 Å². The molecule has 2 aromatic heterocycles. The summed E-state index contributed by atoms with van der Waals surface area (Å²) in [5.74, 6) is -1.01. The van der Waals surface area contributed by atoms with E-state index in [0.717, 1.165) is 35.1 Å². The highest BCUT2D eigenvalue weighted by molar-refractivity contribution is 5.99. The van der Waals surface area contributed by atoms with Crippen LogP contribution in [-0.2, 0) is 6.42 Å². The Morgan fingerprint density at radius 2 is 2.00 bits per heavy atom. The average Bonchev–Trinajstić information content (AvgIpc) is 3.33. The maximum atomic E-state index is 12.9. The van der Waals surface area contributed by atoms with Crippen LogP contribution in [0.3, 0.4) is 0 Å². The third-order valence-electron chi connectivity index (χ3n) is 5.74. The van der Waals surface area contributed by atoms with Crippen molar-refractivity contribution in [1.29, 1.82) is 0 Å². The Bertz CT molecular complexity index is 1250. The van der Waals surface area contributed by atoms with Crippen LogP contribution in [0, 0.1) is 12.3 Å². The summed E-state index contributed by atoms with van der Waals surface area (Å²) in [6, 6.07) is 4.90. The van der Waals surface area contributed by atoms with Crippen molar-refractivity contribution in [2.24, 2.45) is 11.1 Å². The lowest BCUT2D eigenvalue weighted by Crippen LogP contribution is -2.29. The highest BCUT2D eigenvalue weighted by Gasteiger charge is 2.29. The average molecular weight is 435 g/mol. The molecule has 32 heavy (non-hydrogen) atoms. The molecule has 2 heterocycles. The molecule has 0 saturated heterocycles. The number of ketones is 1. The minimum absolute atomic E-state index is 0.0299. The van der Waals surface area contributed by atoms with E-state index < -0.39 is 11.8 Å². The van der Waals surface area contributed by atoms with Crippen LogP contribution in [0.2, 0.25) is 0 Å². The number of aromatic nitrogens is 4. The van der Waals surface area contributed by atoms with E-state index in [1.165, 1.54) is 16.8 Å². The van der Waals surface area contributed by atoms with Crippen LogP contribution < -0.4 is 11.1 Å². The van der Waals surface area contributed by atoms with E-state index in [2.05, 4.69) is 20.6 Å². The van der Waals surface area contributed by atoms with E-state index >= 15 is 0 Å². The summed E-state index contributed by atoms with van der Waals surface area (Å²) in [5.41, 5.74) is 9.53. The van der Waals surface area contributed by atoms with Crippen LogP contribution >= 0.6 is 0 Å². The third kappa shape index (κ3) is 3.98. The first kappa shape index (κ1) is 21.6. The predicted octanol–water partition coefficient (Wildman–Crippen LogP) is 2.57. The van der Waals surface area contributed by atoms with E-state index in [0.29, 0.717) is 6.42 Å². The van der Waals surface area contributed by atoms with E-state index in [-0.39, 0.29) is 34.3 Å². The number of Topliss-reactive ketones (excluding diaryl/α,β-unsaturated/α-hetero) is 1. The molecule has 2 amide bonds. The molecular formula is C23H26N6O3. The predicted molar refractivity (Wildman–Crippen MR) is 117 cm³/mol. The number of primary amides is 1. The molecule has 3 aromatic rings. The van der Waals surface area contributed by atoms with Crippen LogP contribution in [0.4, 0.5) is 0 Å². The fourth-order valence-corrected chi connectivity index (χ4v) is 4.26. The Hall–Kier alpha value is -3.62. The summed E-state index contributed by atoms with van der Waals surface area (Å²) >= 11 is 0. The lowest BCUT2D eigenvalue weighted by molar-refractivity contribution is 0.0924. The highest BCUT2D eigenvalue weighted by Crippen LogP contribution is 2.36. The Morgan fingerprint density at radius 1 is 1.25 bits per heavy atom. The zero-order valence-corrected chi connectivity index (χ0v) is 18.6. The zero-order valence-electron chi connectivity index (χ0n) is 18.6. The summed E-state index contributed by atoms with van der Waals surface area (Å²) in [7, 11) is 0. The van der Waals surface area contributed by atoms with Gasteiger partial charge in [-0.1, -0.05) is 38.1 Å². The monoisotopic (exact) mass is 434 g/mol. The lowest BCUT2D eigenvalue weighted by atomic mass is 9.85. The lowest BCUT2D eigenvalue weighted by Gasteiger charge is -2.19. The van der Waals surface area contributed by atoms with Crippen molar-refractivity contribution in [3.8, 4) is 0 Å². The molecule has 3 N–H and O–H groups in total. The van der Waals surface area contributed by atoms with Crippen LogP contribution in [0.5, 0.6) is 0 Å². The molecule has 0 aliphatic heterocycles. The van der Waals surface area contributed by atoms with Gasteiger partial charge in [0.1, 0.15) is 11.4 Å². The third-order valence-corrected chi connectivity index (χ3v) is 5.74. The second-order valence-corrected chi connectivity index (χ2v) is 9.43. The van der Waals surface area contributed by atoms with Gasteiger partial charge in [-0.05, 0) is 41.9 Å². The van der Waals surface area contributed by atoms with Crippen molar-refractivity contribution < 1.29 is 14.4 Å². The van der Waals surface area contributed by atoms with Gasteiger partial charge in [0.25, 0.3) is 11.8 Å². The topological polar surface area (TPSA) is 132 Å². The molecule has 0 spiro atoms. The summed E-state index contributed by atoms with van der Waals surface area (Å²) in [4.78, 5) is 41.7. The fraction of sp³-hybridized carbons (Fsp3) is 0.391. The summed E-state index contributed by atoms with van der Waals surface area (Å²) in [5, 5.41) is 10.5. The van der Waals surface area contributed by atoms with Crippen LogP contribution in [0.25, 0.3) is 5.65 Å². The number of nitrogens with one attached hydrogen (secondary N) is 1. The second-order valence-electron chi connectivity index (χ2n) is 9.43. The van der Waals surface area contributed by atoms with Gasteiger partial charge >= 0.3 is 0 Å². The van der Waals surface area contributed by atoms with Gasteiger partial charge in [0.2, 0.25) is 0 Å². The second kappa shape index (κ2) is 7.81. The van der Waals surface area contributed by atoms with Crippen LogP contribution in [0.15, 0.2) is 24.4 Å². The number of benzene rings is 1. The molecule has 0 fully saturated rings. The zero-order chi connectivity index (χ0) is 23.2. The van der Waals surface area contributed by atoms with Gasteiger partial charge in [-0.15, -0.1) is 5.10 Å². The quantitative estimate of drug-likeness (QED) is 0.593. The molecule has 1 aliphatic carbocycles. The SMILES string of the molecule is Cc1c(C(=O)CC(C)(C)C)ccc2c1CC[C@@H]2NC(=O)c1cc(C(N)=O)n2nncc2n1. The molecule has 9 heteroatoms. The first-order valence-corrected chi connectivity index (χ1v) is 10.5. The van der Waals surface area contributed by atoms with E-state index in [1.807, 2.05) is 39.8 Å². The number of rotatable bonds is 5.